The zero-order chi connectivity index (χ0) is 20.7. The number of hydrogen-bond acceptors (Lipinski definition) is 6. The lowest BCUT2D eigenvalue weighted by Crippen LogP contribution is -2.42. The van der Waals surface area contributed by atoms with E-state index in [-0.39, 0.29) is 0 Å². The van der Waals surface area contributed by atoms with Crippen LogP contribution < -0.4 is 9.91 Å². The number of hydrogen-bond donors (Lipinski definition) is 0. The lowest BCUT2D eigenvalue weighted by Gasteiger charge is -2.35. The van der Waals surface area contributed by atoms with Gasteiger partial charge in [0.05, 0.1) is 29.8 Å². The normalized spacial score (nSPS) is 19.7. The number of aromatic nitrogens is 3. The Kier molecular flexibility index (Phi) is 6.04. The molecule has 1 unspecified atom stereocenters. The summed E-state index contributed by atoms with van der Waals surface area (Å²) >= 11 is 5.48. The number of allylic oxidation sites excluding steroid dienone is 1. The van der Waals surface area contributed by atoms with Gasteiger partial charge in [0.15, 0.2) is 11.0 Å². The maximum atomic E-state index is 5.50. The molecule has 0 saturated carbocycles. The van der Waals surface area contributed by atoms with Crippen molar-refractivity contribution in [3.63, 3.8) is 0 Å². The lowest BCUT2D eigenvalue weighted by molar-refractivity contribution is 0.122. The Morgan fingerprint density at radius 2 is 1.93 bits per heavy atom. The van der Waals surface area contributed by atoms with Crippen LogP contribution in [0.15, 0.2) is 10.7 Å². The van der Waals surface area contributed by atoms with E-state index in [1.165, 1.54) is 5.57 Å². The molecule has 2 aromatic heterocycles. The summed E-state index contributed by atoms with van der Waals surface area (Å²) < 4.78 is 8.71. The fourth-order valence-electron chi connectivity index (χ4n) is 4.27. The van der Waals surface area contributed by atoms with E-state index >= 15 is 0 Å². The van der Waals surface area contributed by atoms with Crippen LogP contribution in [0.5, 0.6) is 0 Å². The molecule has 0 aliphatic carbocycles. The topological polar surface area (TPSA) is 46.4 Å². The maximum absolute atomic E-state index is 5.50. The van der Waals surface area contributed by atoms with Crippen molar-refractivity contribution in [2.24, 2.45) is 5.92 Å². The lowest BCUT2D eigenvalue weighted by atomic mass is 9.91. The highest BCUT2D eigenvalue weighted by molar-refractivity contribution is 9.10. The Bertz CT molecular complexity index is 911. The smallest absolute Gasteiger partial charge is 0.187 e. The number of likely N-dealkylation sites (N-methyl/N-ethyl adjacent to an activating group) is 1. The van der Waals surface area contributed by atoms with Gasteiger partial charge in [0.25, 0.3) is 0 Å². The number of nitrogens with zero attached hydrogens (tertiary/aromatic N) is 5. The highest BCUT2D eigenvalue weighted by Crippen LogP contribution is 2.43. The van der Waals surface area contributed by atoms with E-state index in [1.807, 2.05) is 0 Å². The summed E-state index contributed by atoms with van der Waals surface area (Å²) in [4.78, 5) is 13.4. The van der Waals surface area contributed by atoms with E-state index in [2.05, 4.69) is 71.3 Å². The molecule has 0 bridgehead atoms. The van der Waals surface area contributed by atoms with Crippen molar-refractivity contribution in [1.82, 2.24) is 14.6 Å². The van der Waals surface area contributed by atoms with Crippen LogP contribution in [-0.2, 0) is 4.74 Å². The summed E-state index contributed by atoms with van der Waals surface area (Å²) in [7, 11) is 2.15. The summed E-state index contributed by atoms with van der Waals surface area (Å²) in [5, 5.41) is 3.34. The summed E-state index contributed by atoms with van der Waals surface area (Å²) in [6.07, 6.45) is 4.65. The third kappa shape index (κ3) is 3.64. The minimum absolute atomic E-state index is 0.316. The average molecular weight is 480 g/mol. The summed E-state index contributed by atoms with van der Waals surface area (Å²) in [5.41, 5.74) is 3.58. The molecule has 0 N–H and O–H groups in total. The van der Waals surface area contributed by atoms with E-state index in [9.17, 15) is 0 Å². The standard InChI is InChI=1S/C21H30BrN5OS/c1-6-15(7-2)16-12-13(3)25(5)27-17(14(4)23-20(16)27)18-19(22)24-21(29-18)26-8-10-28-11-9-26/h12-13,15H,6-11H2,1-5H3. The van der Waals surface area contributed by atoms with Crippen molar-refractivity contribution >= 4 is 38.0 Å². The Balaban J connectivity index is 1.81. The molecule has 2 aromatic rings. The molecule has 6 nitrogen and oxygen atoms in total. The molecule has 4 heterocycles. The molecule has 8 heteroatoms. The number of halogens is 1. The molecular weight excluding hydrogens is 450 g/mol. The first-order valence-corrected chi connectivity index (χ1v) is 12.1. The number of rotatable bonds is 5. The highest BCUT2D eigenvalue weighted by atomic mass is 79.9. The molecule has 158 valence electrons. The van der Waals surface area contributed by atoms with Gasteiger partial charge in [-0.05, 0) is 54.1 Å². The maximum Gasteiger partial charge on any atom is 0.187 e. The van der Waals surface area contributed by atoms with Crippen molar-refractivity contribution < 1.29 is 4.74 Å². The molecule has 29 heavy (non-hydrogen) atoms. The SMILES string of the molecule is CCC(CC)C1=CC(C)N(C)n2c1nc(C)c2-c1sc(N2CCOCC2)nc1Br. The number of morpholine rings is 1. The van der Waals surface area contributed by atoms with Gasteiger partial charge in [-0.3, -0.25) is 0 Å². The molecule has 0 radical (unpaired) electrons. The van der Waals surface area contributed by atoms with Gasteiger partial charge < -0.3 is 14.6 Å². The first-order chi connectivity index (χ1) is 14.0. The second kappa shape index (κ2) is 8.40. The molecular formula is C21H30BrN5OS. The van der Waals surface area contributed by atoms with E-state index in [1.54, 1.807) is 11.3 Å². The molecule has 2 aliphatic rings. The van der Waals surface area contributed by atoms with Gasteiger partial charge in [-0.15, -0.1) is 0 Å². The van der Waals surface area contributed by atoms with Crippen LogP contribution in [0, 0.1) is 12.8 Å². The van der Waals surface area contributed by atoms with Crippen LogP contribution in [0.25, 0.3) is 16.1 Å². The first-order valence-electron chi connectivity index (χ1n) is 10.5. The molecule has 0 spiro atoms. The average Bonchev–Trinajstić information content (AvgIpc) is 3.27. The zero-order valence-electron chi connectivity index (χ0n) is 17.9. The Hall–Kier alpha value is -1.38. The fourth-order valence-corrected chi connectivity index (χ4v) is 6.08. The molecule has 0 amide bonds. The fraction of sp³-hybridized carbons (Fsp3) is 0.619. The second-order valence-electron chi connectivity index (χ2n) is 7.85. The van der Waals surface area contributed by atoms with Crippen LogP contribution in [0.1, 0.15) is 45.1 Å². The monoisotopic (exact) mass is 479 g/mol. The van der Waals surface area contributed by atoms with Crippen LogP contribution in [0.2, 0.25) is 0 Å². The third-order valence-electron chi connectivity index (χ3n) is 6.11. The van der Waals surface area contributed by atoms with Gasteiger partial charge in [0, 0.05) is 20.1 Å². The summed E-state index contributed by atoms with van der Waals surface area (Å²) in [6.45, 7) is 12.2. The van der Waals surface area contributed by atoms with Crippen LogP contribution in [0.4, 0.5) is 5.13 Å². The number of imidazole rings is 1. The molecule has 1 atom stereocenters. The minimum atomic E-state index is 0.316. The predicted molar refractivity (Wildman–Crippen MR) is 124 cm³/mol. The molecule has 2 aliphatic heterocycles. The van der Waals surface area contributed by atoms with Crippen LogP contribution in [0.3, 0.4) is 0 Å². The number of fused-ring (bicyclic) bond motifs is 1. The van der Waals surface area contributed by atoms with E-state index in [4.69, 9.17) is 14.7 Å². The molecule has 0 aromatic carbocycles. The number of ether oxygens (including phenoxy) is 1. The minimum Gasteiger partial charge on any atom is -0.378 e. The Labute approximate surface area is 185 Å². The van der Waals surface area contributed by atoms with Gasteiger partial charge in [-0.25, -0.2) is 14.6 Å². The molecule has 1 saturated heterocycles. The Morgan fingerprint density at radius 3 is 2.59 bits per heavy atom. The summed E-state index contributed by atoms with van der Waals surface area (Å²) in [5.74, 6) is 1.62. The van der Waals surface area contributed by atoms with Crippen LogP contribution in [-0.4, -0.2) is 54.0 Å². The van der Waals surface area contributed by atoms with Gasteiger partial charge in [-0.1, -0.05) is 31.3 Å². The van der Waals surface area contributed by atoms with Gasteiger partial charge >= 0.3 is 0 Å². The van der Waals surface area contributed by atoms with Crippen LogP contribution >= 0.6 is 27.3 Å². The predicted octanol–water partition coefficient (Wildman–Crippen LogP) is 4.70. The summed E-state index contributed by atoms with van der Waals surface area (Å²) in [6, 6.07) is 0.316. The first kappa shape index (κ1) is 20.9. The van der Waals surface area contributed by atoms with Gasteiger partial charge in [-0.2, -0.15) is 0 Å². The zero-order valence-corrected chi connectivity index (χ0v) is 20.3. The number of thiazole rings is 1. The van der Waals surface area contributed by atoms with E-state index in [0.29, 0.717) is 12.0 Å². The highest BCUT2D eigenvalue weighted by Gasteiger charge is 2.32. The molecule has 1 fully saturated rings. The number of aryl methyl sites for hydroxylation is 1. The van der Waals surface area contributed by atoms with Crippen molar-refractivity contribution in [3.05, 3.63) is 22.2 Å². The van der Waals surface area contributed by atoms with Gasteiger partial charge in [0.1, 0.15) is 10.3 Å². The molecule has 4 rings (SSSR count). The largest absolute Gasteiger partial charge is 0.378 e. The number of anilines is 1. The van der Waals surface area contributed by atoms with E-state index in [0.717, 1.165) is 71.0 Å². The Morgan fingerprint density at radius 1 is 1.24 bits per heavy atom. The van der Waals surface area contributed by atoms with Gasteiger partial charge in [0.2, 0.25) is 0 Å². The van der Waals surface area contributed by atoms with Crippen molar-refractivity contribution in [2.45, 2.75) is 46.6 Å². The van der Waals surface area contributed by atoms with Crippen molar-refractivity contribution in [2.75, 3.05) is 43.3 Å². The second-order valence-corrected chi connectivity index (χ2v) is 9.58. The third-order valence-corrected chi connectivity index (χ3v) is 8.07. The quantitative estimate of drug-likeness (QED) is 0.621. The van der Waals surface area contributed by atoms with Crippen molar-refractivity contribution in [3.8, 4) is 10.6 Å². The van der Waals surface area contributed by atoms with Crippen molar-refractivity contribution in [1.29, 1.82) is 0 Å². The van der Waals surface area contributed by atoms with E-state index < -0.39 is 0 Å².